The van der Waals surface area contributed by atoms with Gasteiger partial charge in [0.1, 0.15) is 6.67 Å². The first kappa shape index (κ1) is 11.1. The topological polar surface area (TPSA) is 3.24 Å². The molecule has 1 nitrogen and oxygen atoms in total. The van der Waals surface area contributed by atoms with Gasteiger partial charge in [0, 0.05) is 13.1 Å². The van der Waals surface area contributed by atoms with Gasteiger partial charge < -0.3 is 0 Å². The SMILES string of the molecule is CN(CCF)Cc1cccc2ccccc12. The predicted molar refractivity (Wildman–Crippen MR) is 66.3 cm³/mol. The van der Waals surface area contributed by atoms with Crippen molar-refractivity contribution in [2.75, 3.05) is 20.3 Å². The largest absolute Gasteiger partial charge is 0.299 e. The van der Waals surface area contributed by atoms with Crippen molar-refractivity contribution < 1.29 is 4.39 Å². The van der Waals surface area contributed by atoms with Crippen LogP contribution in [0.25, 0.3) is 10.8 Å². The number of alkyl halides is 1. The Balaban J connectivity index is 2.30. The first-order valence-electron chi connectivity index (χ1n) is 5.52. The summed E-state index contributed by atoms with van der Waals surface area (Å²) in [7, 11) is 1.95. The van der Waals surface area contributed by atoms with E-state index in [1.807, 2.05) is 24.1 Å². The summed E-state index contributed by atoms with van der Waals surface area (Å²) in [6, 6.07) is 14.6. The summed E-state index contributed by atoms with van der Waals surface area (Å²) in [4.78, 5) is 2.00. The van der Waals surface area contributed by atoms with Gasteiger partial charge in [0.2, 0.25) is 0 Å². The van der Waals surface area contributed by atoms with E-state index < -0.39 is 0 Å². The molecule has 0 radical (unpaired) electrons. The van der Waals surface area contributed by atoms with Crippen molar-refractivity contribution >= 4 is 10.8 Å². The van der Waals surface area contributed by atoms with Gasteiger partial charge in [-0.25, -0.2) is 4.39 Å². The monoisotopic (exact) mass is 217 g/mol. The van der Waals surface area contributed by atoms with Crippen molar-refractivity contribution in [1.29, 1.82) is 0 Å². The molecule has 0 unspecified atom stereocenters. The van der Waals surface area contributed by atoms with Gasteiger partial charge in [-0.1, -0.05) is 42.5 Å². The molecule has 0 heterocycles. The van der Waals surface area contributed by atoms with Gasteiger partial charge in [0.15, 0.2) is 0 Å². The standard InChI is InChI=1S/C14H16FN/c1-16(10-9-15)11-13-7-4-6-12-5-2-3-8-14(12)13/h2-8H,9-11H2,1H3. The highest BCUT2D eigenvalue weighted by molar-refractivity contribution is 5.85. The van der Waals surface area contributed by atoms with E-state index in [0.29, 0.717) is 6.54 Å². The average Bonchev–Trinajstić information content (AvgIpc) is 2.30. The summed E-state index contributed by atoms with van der Waals surface area (Å²) in [5.41, 5.74) is 1.26. The summed E-state index contributed by atoms with van der Waals surface area (Å²) in [5, 5.41) is 2.50. The number of halogens is 1. The third-order valence-electron chi connectivity index (χ3n) is 2.79. The molecule has 0 amide bonds. The molecular formula is C14H16FN. The Morgan fingerprint density at radius 1 is 1.06 bits per heavy atom. The van der Waals surface area contributed by atoms with E-state index in [0.717, 1.165) is 6.54 Å². The third-order valence-corrected chi connectivity index (χ3v) is 2.79. The average molecular weight is 217 g/mol. The minimum absolute atomic E-state index is 0.290. The van der Waals surface area contributed by atoms with Crippen molar-refractivity contribution in [3.8, 4) is 0 Å². The smallest absolute Gasteiger partial charge is 0.102 e. The van der Waals surface area contributed by atoms with Crippen LogP contribution in [0.1, 0.15) is 5.56 Å². The van der Waals surface area contributed by atoms with Gasteiger partial charge in [-0.15, -0.1) is 0 Å². The normalized spacial score (nSPS) is 11.2. The Bertz CT molecular complexity index is 462. The first-order chi connectivity index (χ1) is 7.81. The van der Waals surface area contributed by atoms with Gasteiger partial charge in [-0.05, 0) is 23.4 Å². The van der Waals surface area contributed by atoms with Crippen LogP contribution < -0.4 is 0 Å². The molecule has 0 atom stereocenters. The molecule has 2 rings (SSSR count). The molecule has 2 aromatic carbocycles. The predicted octanol–water partition coefficient (Wildman–Crippen LogP) is 3.24. The molecule has 84 valence electrons. The van der Waals surface area contributed by atoms with E-state index in [1.54, 1.807) is 0 Å². The second kappa shape index (κ2) is 5.08. The van der Waals surface area contributed by atoms with Crippen LogP contribution in [0.4, 0.5) is 4.39 Å². The molecule has 0 spiro atoms. The van der Waals surface area contributed by atoms with E-state index >= 15 is 0 Å². The van der Waals surface area contributed by atoms with Gasteiger partial charge in [0.05, 0.1) is 0 Å². The van der Waals surface area contributed by atoms with Crippen molar-refractivity contribution in [1.82, 2.24) is 4.90 Å². The fraction of sp³-hybridized carbons (Fsp3) is 0.286. The number of nitrogens with zero attached hydrogens (tertiary/aromatic N) is 1. The highest BCUT2D eigenvalue weighted by atomic mass is 19.1. The molecule has 0 aliphatic heterocycles. The Labute approximate surface area is 95.5 Å². The molecule has 0 N–H and O–H groups in total. The number of hydrogen-bond acceptors (Lipinski definition) is 1. The Morgan fingerprint density at radius 3 is 2.62 bits per heavy atom. The third kappa shape index (κ3) is 2.39. The number of benzene rings is 2. The lowest BCUT2D eigenvalue weighted by atomic mass is 10.0. The summed E-state index contributed by atoms with van der Waals surface area (Å²) in [5.74, 6) is 0. The molecule has 0 bridgehead atoms. The Morgan fingerprint density at radius 2 is 1.81 bits per heavy atom. The fourth-order valence-corrected chi connectivity index (χ4v) is 1.94. The van der Waals surface area contributed by atoms with E-state index in [2.05, 4.69) is 30.3 Å². The van der Waals surface area contributed by atoms with Crippen LogP contribution in [-0.2, 0) is 6.54 Å². The zero-order valence-corrected chi connectivity index (χ0v) is 9.49. The van der Waals surface area contributed by atoms with E-state index in [4.69, 9.17) is 0 Å². The summed E-state index contributed by atoms with van der Waals surface area (Å²) < 4.78 is 12.2. The molecule has 0 fully saturated rings. The molecule has 0 aromatic heterocycles. The lowest BCUT2D eigenvalue weighted by molar-refractivity contribution is 0.289. The quantitative estimate of drug-likeness (QED) is 0.760. The van der Waals surface area contributed by atoms with E-state index in [-0.39, 0.29) is 6.67 Å². The van der Waals surface area contributed by atoms with Gasteiger partial charge in [0.25, 0.3) is 0 Å². The van der Waals surface area contributed by atoms with Crippen LogP contribution >= 0.6 is 0 Å². The molecule has 0 saturated heterocycles. The fourth-order valence-electron chi connectivity index (χ4n) is 1.94. The molecule has 2 heteroatoms. The van der Waals surface area contributed by atoms with Crippen molar-refractivity contribution in [3.63, 3.8) is 0 Å². The Kier molecular flexibility index (Phi) is 3.52. The first-order valence-corrected chi connectivity index (χ1v) is 5.52. The number of hydrogen-bond donors (Lipinski definition) is 0. The highest BCUT2D eigenvalue weighted by Crippen LogP contribution is 2.19. The molecule has 0 aliphatic rings. The summed E-state index contributed by atoms with van der Waals surface area (Å²) in [6.45, 7) is 0.996. The zero-order valence-electron chi connectivity index (χ0n) is 9.49. The zero-order chi connectivity index (χ0) is 11.4. The van der Waals surface area contributed by atoms with Crippen LogP contribution in [0, 0.1) is 0 Å². The summed E-state index contributed by atoms with van der Waals surface area (Å²) in [6.07, 6.45) is 0. The van der Waals surface area contributed by atoms with Gasteiger partial charge in [-0.3, -0.25) is 4.90 Å². The molecule has 0 aliphatic carbocycles. The molecule has 2 aromatic rings. The van der Waals surface area contributed by atoms with E-state index in [1.165, 1.54) is 16.3 Å². The number of fused-ring (bicyclic) bond motifs is 1. The minimum atomic E-state index is -0.290. The maximum atomic E-state index is 12.2. The summed E-state index contributed by atoms with van der Waals surface area (Å²) >= 11 is 0. The molecule has 16 heavy (non-hydrogen) atoms. The molecule has 0 saturated carbocycles. The van der Waals surface area contributed by atoms with Gasteiger partial charge >= 0.3 is 0 Å². The lowest BCUT2D eigenvalue weighted by Gasteiger charge is -2.16. The van der Waals surface area contributed by atoms with Gasteiger partial charge in [-0.2, -0.15) is 0 Å². The van der Waals surface area contributed by atoms with E-state index in [9.17, 15) is 4.39 Å². The highest BCUT2D eigenvalue weighted by Gasteiger charge is 2.03. The van der Waals surface area contributed by atoms with Crippen LogP contribution in [0.2, 0.25) is 0 Å². The van der Waals surface area contributed by atoms with Crippen LogP contribution in [0.15, 0.2) is 42.5 Å². The van der Waals surface area contributed by atoms with Crippen LogP contribution in [-0.4, -0.2) is 25.2 Å². The van der Waals surface area contributed by atoms with Crippen molar-refractivity contribution in [2.45, 2.75) is 6.54 Å². The second-order valence-corrected chi connectivity index (χ2v) is 4.07. The Hall–Kier alpha value is -1.41. The minimum Gasteiger partial charge on any atom is -0.299 e. The lowest BCUT2D eigenvalue weighted by Crippen LogP contribution is -2.20. The van der Waals surface area contributed by atoms with Crippen molar-refractivity contribution in [2.24, 2.45) is 0 Å². The second-order valence-electron chi connectivity index (χ2n) is 4.07. The van der Waals surface area contributed by atoms with Crippen molar-refractivity contribution in [3.05, 3.63) is 48.0 Å². The number of rotatable bonds is 4. The molecular weight excluding hydrogens is 201 g/mol. The maximum absolute atomic E-state index is 12.2. The van der Waals surface area contributed by atoms with Crippen LogP contribution in [0.3, 0.4) is 0 Å². The van der Waals surface area contributed by atoms with Crippen LogP contribution in [0.5, 0.6) is 0 Å². The maximum Gasteiger partial charge on any atom is 0.102 e.